The highest BCUT2D eigenvalue weighted by molar-refractivity contribution is 5.96. The van der Waals surface area contributed by atoms with E-state index in [0.717, 1.165) is 34.1 Å². The number of aldehydes is 1. The first-order valence-corrected chi connectivity index (χ1v) is 6.48. The number of para-hydroxylation sites is 1. The molecule has 0 unspecified atom stereocenters. The maximum atomic E-state index is 11.2. The first-order chi connectivity index (χ1) is 9.81. The van der Waals surface area contributed by atoms with Crippen LogP contribution in [0, 0.1) is 0 Å². The van der Waals surface area contributed by atoms with E-state index in [1.54, 1.807) is 7.11 Å². The summed E-state index contributed by atoms with van der Waals surface area (Å²) in [5, 5.41) is 1.08. The van der Waals surface area contributed by atoms with Gasteiger partial charge < -0.3 is 9.30 Å². The normalized spacial score (nSPS) is 10.7. The molecule has 0 atom stereocenters. The number of hydrogen-bond donors (Lipinski definition) is 0. The number of nitrogens with zero attached hydrogens (tertiary/aromatic N) is 1. The Morgan fingerprint density at radius 2 is 2.00 bits per heavy atom. The molecule has 0 bridgehead atoms. The van der Waals surface area contributed by atoms with Gasteiger partial charge in [0, 0.05) is 23.7 Å². The molecular formula is C17H15NO2. The fourth-order valence-electron chi connectivity index (χ4n) is 2.49. The third-order valence-electron chi connectivity index (χ3n) is 3.43. The van der Waals surface area contributed by atoms with Crippen LogP contribution in [0.4, 0.5) is 0 Å². The van der Waals surface area contributed by atoms with Gasteiger partial charge in [-0.1, -0.05) is 24.3 Å². The molecule has 0 aliphatic rings. The van der Waals surface area contributed by atoms with Gasteiger partial charge in [-0.15, -0.1) is 0 Å². The van der Waals surface area contributed by atoms with Crippen molar-refractivity contribution in [3.8, 4) is 5.75 Å². The van der Waals surface area contributed by atoms with Crippen molar-refractivity contribution in [2.75, 3.05) is 7.11 Å². The average Bonchev–Trinajstić information content (AvgIpc) is 2.90. The third kappa shape index (κ3) is 2.18. The minimum Gasteiger partial charge on any atom is -0.497 e. The number of ether oxygens (including phenoxy) is 1. The maximum Gasteiger partial charge on any atom is 0.152 e. The zero-order chi connectivity index (χ0) is 13.9. The molecular weight excluding hydrogens is 250 g/mol. The second-order valence-corrected chi connectivity index (χ2v) is 4.70. The van der Waals surface area contributed by atoms with Crippen LogP contribution in [0.3, 0.4) is 0 Å². The number of benzene rings is 2. The first-order valence-electron chi connectivity index (χ1n) is 6.48. The van der Waals surface area contributed by atoms with Crippen molar-refractivity contribution in [1.82, 2.24) is 4.57 Å². The summed E-state index contributed by atoms with van der Waals surface area (Å²) in [6, 6.07) is 15.8. The minimum atomic E-state index is 0.714. The summed E-state index contributed by atoms with van der Waals surface area (Å²) in [5.41, 5.74) is 2.84. The summed E-state index contributed by atoms with van der Waals surface area (Å²) >= 11 is 0. The predicted molar refractivity (Wildman–Crippen MR) is 79.4 cm³/mol. The summed E-state index contributed by atoms with van der Waals surface area (Å²) in [6.07, 6.45) is 2.92. The molecule has 0 amide bonds. The summed E-state index contributed by atoms with van der Waals surface area (Å²) in [5.74, 6) is 0.842. The quantitative estimate of drug-likeness (QED) is 0.676. The number of methoxy groups -OCH3 is 1. The van der Waals surface area contributed by atoms with Crippen molar-refractivity contribution in [1.29, 1.82) is 0 Å². The molecule has 100 valence electrons. The predicted octanol–water partition coefficient (Wildman–Crippen LogP) is 3.51. The van der Waals surface area contributed by atoms with Gasteiger partial charge in [-0.2, -0.15) is 0 Å². The Hall–Kier alpha value is -2.55. The fraction of sp³-hybridized carbons (Fsp3) is 0.118. The zero-order valence-corrected chi connectivity index (χ0v) is 11.2. The number of aromatic nitrogens is 1. The molecule has 0 N–H and O–H groups in total. The number of carbonyl (C=O) groups excluding carboxylic acids is 1. The maximum absolute atomic E-state index is 11.2. The lowest BCUT2D eigenvalue weighted by Gasteiger charge is -2.08. The van der Waals surface area contributed by atoms with E-state index in [-0.39, 0.29) is 0 Å². The minimum absolute atomic E-state index is 0.714. The lowest BCUT2D eigenvalue weighted by atomic mass is 10.1. The van der Waals surface area contributed by atoms with E-state index >= 15 is 0 Å². The van der Waals surface area contributed by atoms with E-state index in [2.05, 4.69) is 10.6 Å². The monoisotopic (exact) mass is 265 g/mol. The van der Waals surface area contributed by atoms with Crippen LogP contribution in [0.15, 0.2) is 54.7 Å². The highest BCUT2D eigenvalue weighted by atomic mass is 16.5. The third-order valence-corrected chi connectivity index (χ3v) is 3.43. The molecule has 0 fully saturated rings. The van der Waals surface area contributed by atoms with Crippen molar-refractivity contribution in [3.05, 3.63) is 65.9 Å². The van der Waals surface area contributed by atoms with Gasteiger partial charge >= 0.3 is 0 Å². The fourth-order valence-corrected chi connectivity index (χ4v) is 2.49. The molecule has 0 radical (unpaired) electrons. The number of hydrogen-bond acceptors (Lipinski definition) is 2. The van der Waals surface area contributed by atoms with Gasteiger partial charge in [0.2, 0.25) is 0 Å². The molecule has 3 rings (SSSR count). The van der Waals surface area contributed by atoms with Gasteiger partial charge in [0.05, 0.1) is 12.6 Å². The van der Waals surface area contributed by atoms with Crippen molar-refractivity contribution in [3.63, 3.8) is 0 Å². The van der Waals surface area contributed by atoms with E-state index in [9.17, 15) is 4.79 Å². The Labute approximate surface area is 117 Å². The van der Waals surface area contributed by atoms with Crippen LogP contribution in [0.5, 0.6) is 5.75 Å². The van der Waals surface area contributed by atoms with Gasteiger partial charge in [0.25, 0.3) is 0 Å². The van der Waals surface area contributed by atoms with Gasteiger partial charge in [-0.05, 0) is 29.8 Å². The highest BCUT2D eigenvalue weighted by Crippen LogP contribution is 2.21. The lowest BCUT2D eigenvalue weighted by molar-refractivity contribution is 0.112. The van der Waals surface area contributed by atoms with E-state index in [1.807, 2.05) is 48.7 Å². The van der Waals surface area contributed by atoms with E-state index in [1.165, 1.54) is 0 Å². The van der Waals surface area contributed by atoms with Crippen LogP contribution < -0.4 is 4.74 Å². The SMILES string of the molecule is COc1cccc(Cn2ccc3cccc(C=O)c32)c1. The van der Waals surface area contributed by atoms with Crippen LogP contribution in [0.1, 0.15) is 15.9 Å². The van der Waals surface area contributed by atoms with Crippen LogP contribution >= 0.6 is 0 Å². The van der Waals surface area contributed by atoms with Gasteiger partial charge in [-0.3, -0.25) is 4.79 Å². The van der Waals surface area contributed by atoms with Crippen LogP contribution in [-0.2, 0) is 6.54 Å². The van der Waals surface area contributed by atoms with Crippen molar-refractivity contribution in [2.45, 2.75) is 6.54 Å². The molecule has 1 aromatic heterocycles. The average molecular weight is 265 g/mol. The molecule has 0 saturated heterocycles. The van der Waals surface area contributed by atoms with Crippen molar-refractivity contribution in [2.24, 2.45) is 0 Å². The molecule has 1 heterocycles. The summed E-state index contributed by atoms with van der Waals surface area (Å²) in [7, 11) is 1.66. The molecule has 0 aliphatic carbocycles. The number of rotatable bonds is 4. The zero-order valence-electron chi connectivity index (χ0n) is 11.2. The smallest absolute Gasteiger partial charge is 0.152 e. The van der Waals surface area contributed by atoms with Crippen LogP contribution in [0.25, 0.3) is 10.9 Å². The van der Waals surface area contributed by atoms with Crippen LogP contribution in [-0.4, -0.2) is 18.0 Å². The molecule has 0 aliphatic heterocycles. The van der Waals surface area contributed by atoms with Gasteiger partial charge in [-0.25, -0.2) is 0 Å². The Kier molecular flexibility index (Phi) is 3.25. The standard InChI is InChI=1S/C17H15NO2/c1-20-16-7-2-4-13(10-16)11-18-9-8-14-5-3-6-15(12-19)17(14)18/h2-10,12H,11H2,1H3. The Morgan fingerprint density at radius 1 is 1.15 bits per heavy atom. The summed E-state index contributed by atoms with van der Waals surface area (Å²) < 4.78 is 7.33. The summed E-state index contributed by atoms with van der Waals surface area (Å²) in [6.45, 7) is 0.714. The molecule has 3 nitrogen and oxygen atoms in total. The Balaban J connectivity index is 2.04. The van der Waals surface area contributed by atoms with E-state index in [0.29, 0.717) is 6.54 Å². The second-order valence-electron chi connectivity index (χ2n) is 4.70. The molecule has 20 heavy (non-hydrogen) atoms. The summed E-state index contributed by atoms with van der Waals surface area (Å²) in [4.78, 5) is 11.2. The van der Waals surface area contributed by atoms with E-state index < -0.39 is 0 Å². The van der Waals surface area contributed by atoms with E-state index in [4.69, 9.17) is 4.74 Å². The highest BCUT2D eigenvalue weighted by Gasteiger charge is 2.06. The molecule has 0 saturated carbocycles. The van der Waals surface area contributed by atoms with Crippen molar-refractivity contribution < 1.29 is 9.53 Å². The lowest BCUT2D eigenvalue weighted by Crippen LogP contribution is -2.00. The Bertz CT molecular complexity index is 759. The number of carbonyl (C=O) groups is 1. The first kappa shape index (κ1) is 12.5. The topological polar surface area (TPSA) is 31.2 Å². The number of fused-ring (bicyclic) bond motifs is 1. The Morgan fingerprint density at radius 3 is 2.80 bits per heavy atom. The van der Waals surface area contributed by atoms with Crippen LogP contribution in [0.2, 0.25) is 0 Å². The molecule has 3 aromatic rings. The van der Waals surface area contributed by atoms with Gasteiger partial charge in [0.1, 0.15) is 5.75 Å². The van der Waals surface area contributed by atoms with Gasteiger partial charge in [0.15, 0.2) is 6.29 Å². The van der Waals surface area contributed by atoms with Crippen molar-refractivity contribution >= 4 is 17.2 Å². The molecule has 2 aromatic carbocycles. The largest absolute Gasteiger partial charge is 0.497 e. The second kappa shape index (κ2) is 5.21. The molecule has 0 spiro atoms. The molecule has 3 heteroatoms.